The molecule has 132 valence electrons. The van der Waals surface area contributed by atoms with Gasteiger partial charge in [0.05, 0.1) is 11.4 Å². The third-order valence-electron chi connectivity index (χ3n) is 4.71. The molecule has 1 aliphatic carbocycles. The van der Waals surface area contributed by atoms with E-state index in [1.54, 1.807) is 6.07 Å². The van der Waals surface area contributed by atoms with E-state index in [1.165, 1.54) is 11.3 Å². The fourth-order valence-corrected chi connectivity index (χ4v) is 4.95. The van der Waals surface area contributed by atoms with Gasteiger partial charge in [-0.15, -0.1) is 11.3 Å². The van der Waals surface area contributed by atoms with E-state index >= 15 is 0 Å². The molecule has 2 aromatic heterocycles. The maximum absolute atomic E-state index is 13.0. The molecular formula is C20H17BrN2O2S. The number of thiophene rings is 1. The molecule has 3 aromatic rings. The first kappa shape index (κ1) is 17.4. The summed E-state index contributed by atoms with van der Waals surface area (Å²) in [5.74, 6) is -0.0440. The van der Waals surface area contributed by atoms with Gasteiger partial charge in [0, 0.05) is 27.4 Å². The third-order valence-corrected chi connectivity index (χ3v) is 6.52. The average Bonchev–Trinajstić information content (AvgIpc) is 2.88. The fraction of sp³-hybridized carbons (Fsp3) is 0.250. The number of nitrogens with two attached hydrogens (primary N) is 1. The number of hydrogen-bond donors (Lipinski definition) is 1. The van der Waals surface area contributed by atoms with Gasteiger partial charge in [-0.3, -0.25) is 9.59 Å². The number of anilines is 1. The molecule has 1 aliphatic rings. The SMILES string of the molecule is CC1(C)CC(=O)c2cc3c(N)c(C(=O)c4ccccc4Br)sc3nc2C1. The van der Waals surface area contributed by atoms with E-state index in [2.05, 4.69) is 29.8 Å². The number of hydrogen-bond acceptors (Lipinski definition) is 5. The van der Waals surface area contributed by atoms with E-state index in [1.807, 2.05) is 24.3 Å². The van der Waals surface area contributed by atoms with Gasteiger partial charge in [0.1, 0.15) is 9.71 Å². The topological polar surface area (TPSA) is 73.1 Å². The molecule has 26 heavy (non-hydrogen) atoms. The van der Waals surface area contributed by atoms with Gasteiger partial charge in [-0.05, 0) is 30.0 Å². The van der Waals surface area contributed by atoms with Crippen molar-refractivity contribution in [2.75, 3.05) is 5.73 Å². The van der Waals surface area contributed by atoms with Crippen LogP contribution < -0.4 is 5.73 Å². The van der Waals surface area contributed by atoms with Crippen LogP contribution in [0.25, 0.3) is 10.2 Å². The lowest BCUT2D eigenvalue weighted by molar-refractivity contribution is 0.0910. The van der Waals surface area contributed by atoms with Gasteiger partial charge in [0.25, 0.3) is 0 Å². The largest absolute Gasteiger partial charge is 0.397 e. The first-order valence-electron chi connectivity index (χ1n) is 8.31. The highest BCUT2D eigenvalue weighted by atomic mass is 79.9. The van der Waals surface area contributed by atoms with Crippen molar-refractivity contribution in [3.8, 4) is 0 Å². The summed E-state index contributed by atoms with van der Waals surface area (Å²) < 4.78 is 0.728. The Kier molecular flexibility index (Phi) is 4.00. The van der Waals surface area contributed by atoms with E-state index in [4.69, 9.17) is 10.7 Å². The van der Waals surface area contributed by atoms with Crippen molar-refractivity contribution in [2.24, 2.45) is 5.41 Å². The third kappa shape index (κ3) is 2.77. The molecule has 0 amide bonds. The second-order valence-corrected chi connectivity index (χ2v) is 9.28. The summed E-state index contributed by atoms with van der Waals surface area (Å²) in [7, 11) is 0. The molecule has 0 saturated heterocycles. The molecule has 4 nitrogen and oxygen atoms in total. The molecule has 0 atom stereocenters. The molecule has 6 heteroatoms. The Bertz CT molecular complexity index is 1080. The maximum Gasteiger partial charge on any atom is 0.206 e. The normalized spacial score (nSPS) is 15.9. The zero-order valence-electron chi connectivity index (χ0n) is 14.4. The second-order valence-electron chi connectivity index (χ2n) is 7.43. The number of carbonyl (C=O) groups is 2. The summed E-state index contributed by atoms with van der Waals surface area (Å²) in [6.45, 7) is 4.15. The molecule has 0 unspecified atom stereocenters. The molecule has 0 fully saturated rings. The molecule has 2 N–H and O–H groups in total. The zero-order chi connectivity index (χ0) is 18.6. The van der Waals surface area contributed by atoms with Crippen molar-refractivity contribution < 1.29 is 9.59 Å². The fourth-order valence-electron chi connectivity index (χ4n) is 3.44. The van der Waals surface area contributed by atoms with Crippen molar-refractivity contribution in [2.45, 2.75) is 26.7 Å². The summed E-state index contributed by atoms with van der Waals surface area (Å²) >= 11 is 4.71. The van der Waals surface area contributed by atoms with Crippen LogP contribution in [0.1, 0.15) is 51.6 Å². The zero-order valence-corrected chi connectivity index (χ0v) is 16.8. The van der Waals surface area contributed by atoms with Gasteiger partial charge < -0.3 is 5.73 Å². The van der Waals surface area contributed by atoms with Crippen LogP contribution >= 0.6 is 27.3 Å². The van der Waals surface area contributed by atoms with E-state index in [-0.39, 0.29) is 17.0 Å². The van der Waals surface area contributed by atoms with E-state index < -0.39 is 0 Å². The van der Waals surface area contributed by atoms with Gasteiger partial charge >= 0.3 is 0 Å². The first-order chi connectivity index (χ1) is 12.3. The van der Waals surface area contributed by atoms with Gasteiger partial charge in [-0.1, -0.05) is 41.9 Å². The second kappa shape index (κ2) is 5.99. The minimum Gasteiger partial charge on any atom is -0.397 e. The van der Waals surface area contributed by atoms with Crippen molar-refractivity contribution in [1.82, 2.24) is 4.98 Å². The lowest BCUT2D eigenvalue weighted by atomic mass is 9.75. The van der Waals surface area contributed by atoms with Gasteiger partial charge in [0.15, 0.2) is 5.78 Å². The summed E-state index contributed by atoms with van der Waals surface area (Å²) in [6.07, 6.45) is 1.25. The molecule has 0 spiro atoms. The Hall–Kier alpha value is -2.05. The number of nitrogens with zero attached hydrogens (tertiary/aromatic N) is 1. The highest BCUT2D eigenvalue weighted by Gasteiger charge is 2.33. The van der Waals surface area contributed by atoms with Crippen LogP contribution in [0, 0.1) is 5.41 Å². The number of fused-ring (bicyclic) bond motifs is 2. The Balaban J connectivity index is 1.87. The van der Waals surface area contributed by atoms with Crippen molar-refractivity contribution in [1.29, 1.82) is 0 Å². The number of Topliss-reactive ketones (excluding diaryl/α,β-unsaturated/α-hetero) is 1. The van der Waals surface area contributed by atoms with Crippen LogP contribution in [0.3, 0.4) is 0 Å². The Morgan fingerprint density at radius 2 is 2.00 bits per heavy atom. The number of pyridine rings is 1. The Labute approximate surface area is 163 Å². The number of halogens is 1. The Morgan fingerprint density at radius 1 is 1.27 bits per heavy atom. The van der Waals surface area contributed by atoms with Crippen LogP contribution in [0.2, 0.25) is 0 Å². The predicted molar refractivity (Wildman–Crippen MR) is 108 cm³/mol. The summed E-state index contributed by atoms with van der Waals surface area (Å²) in [5.41, 5.74) is 8.60. The Morgan fingerprint density at radius 3 is 2.73 bits per heavy atom. The van der Waals surface area contributed by atoms with Crippen molar-refractivity contribution >= 4 is 54.7 Å². The van der Waals surface area contributed by atoms with E-state index in [9.17, 15) is 9.59 Å². The average molecular weight is 429 g/mol. The number of aromatic nitrogens is 1. The lowest BCUT2D eigenvalue weighted by Crippen LogP contribution is -2.27. The predicted octanol–water partition coefficient (Wildman–Crippen LogP) is 5.03. The first-order valence-corrected chi connectivity index (χ1v) is 9.92. The van der Waals surface area contributed by atoms with Crippen molar-refractivity contribution in [3.63, 3.8) is 0 Å². The number of ketones is 2. The number of rotatable bonds is 2. The van der Waals surface area contributed by atoms with Gasteiger partial charge in [0.2, 0.25) is 5.78 Å². The molecular weight excluding hydrogens is 412 g/mol. The van der Waals surface area contributed by atoms with Crippen LogP contribution in [0.4, 0.5) is 5.69 Å². The van der Waals surface area contributed by atoms with Crippen LogP contribution in [-0.4, -0.2) is 16.6 Å². The van der Waals surface area contributed by atoms with Crippen LogP contribution in [0.5, 0.6) is 0 Å². The molecule has 2 heterocycles. The van der Waals surface area contributed by atoms with Crippen molar-refractivity contribution in [3.05, 3.63) is 56.5 Å². The highest BCUT2D eigenvalue weighted by Crippen LogP contribution is 2.40. The molecule has 0 radical (unpaired) electrons. The maximum atomic E-state index is 13.0. The van der Waals surface area contributed by atoms with Gasteiger partial charge in [-0.2, -0.15) is 0 Å². The number of nitrogen functional groups attached to an aromatic ring is 1. The van der Waals surface area contributed by atoms with Crippen LogP contribution in [0.15, 0.2) is 34.8 Å². The smallest absolute Gasteiger partial charge is 0.206 e. The minimum absolute atomic E-state index is 0.0925. The summed E-state index contributed by atoms with van der Waals surface area (Å²) in [6, 6.07) is 9.09. The van der Waals surface area contributed by atoms with E-state index in [0.717, 1.165) is 16.6 Å². The number of benzene rings is 1. The summed E-state index contributed by atoms with van der Waals surface area (Å²) in [5, 5.41) is 0.692. The molecule has 0 bridgehead atoms. The molecule has 0 aliphatic heterocycles. The van der Waals surface area contributed by atoms with Gasteiger partial charge in [-0.25, -0.2) is 4.98 Å². The minimum atomic E-state index is -0.136. The van der Waals surface area contributed by atoms with Crippen LogP contribution in [-0.2, 0) is 6.42 Å². The quantitative estimate of drug-likeness (QED) is 0.580. The molecule has 0 saturated carbocycles. The summed E-state index contributed by atoms with van der Waals surface area (Å²) in [4.78, 5) is 31.3. The van der Waals surface area contributed by atoms with E-state index in [0.29, 0.717) is 38.3 Å². The molecule has 4 rings (SSSR count). The molecule has 1 aromatic carbocycles. The number of carbonyl (C=O) groups excluding carboxylic acids is 2. The lowest BCUT2D eigenvalue weighted by Gasteiger charge is -2.29. The monoisotopic (exact) mass is 428 g/mol. The standard InChI is InChI=1S/C20H17BrN2O2S/c1-20(2)8-14-11(15(24)9-20)7-12-16(22)18(26-19(12)23-14)17(25)10-5-3-4-6-13(10)21/h3-7H,8-9,22H2,1-2H3. The highest BCUT2D eigenvalue weighted by molar-refractivity contribution is 9.10.